The summed E-state index contributed by atoms with van der Waals surface area (Å²) in [6.07, 6.45) is 12.8. The van der Waals surface area contributed by atoms with Crippen molar-refractivity contribution in [1.29, 1.82) is 0 Å². The van der Waals surface area contributed by atoms with E-state index in [9.17, 15) is 4.79 Å². The van der Waals surface area contributed by atoms with Gasteiger partial charge in [0.2, 0.25) is 0 Å². The second-order valence-electron chi connectivity index (χ2n) is 7.76. The zero-order valence-electron chi connectivity index (χ0n) is 17.7. The topological polar surface area (TPSA) is 26.3 Å². The standard InChI is InChI=1S/C26H36O2/c1-3-4-5-6-7-8-9-10-11-12-20-28-26(27)24-18-16-23(17-19-24)25-15-13-14-22(2)21-25/h13-19,21H,3-12,20H2,1-2H3. The molecule has 0 saturated carbocycles. The van der Waals surface area contributed by atoms with Gasteiger partial charge in [-0.25, -0.2) is 4.79 Å². The Morgan fingerprint density at radius 3 is 1.96 bits per heavy atom. The predicted octanol–water partition coefficient (Wildman–Crippen LogP) is 7.74. The summed E-state index contributed by atoms with van der Waals surface area (Å²) < 4.78 is 5.43. The molecule has 0 saturated heterocycles. The quantitative estimate of drug-likeness (QED) is 0.262. The number of carbonyl (C=O) groups is 1. The van der Waals surface area contributed by atoms with Gasteiger partial charge in [0.05, 0.1) is 12.2 Å². The van der Waals surface area contributed by atoms with E-state index in [-0.39, 0.29) is 5.97 Å². The van der Waals surface area contributed by atoms with Gasteiger partial charge < -0.3 is 4.74 Å². The van der Waals surface area contributed by atoms with E-state index >= 15 is 0 Å². The molecule has 152 valence electrons. The molecule has 2 aromatic rings. The van der Waals surface area contributed by atoms with Gasteiger partial charge in [0.25, 0.3) is 0 Å². The smallest absolute Gasteiger partial charge is 0.338 e. The van der Waals surface area contributed by atoms with E-state index in [0.717, 1.165) is 18.4 Å². The van der Waals surface area contributed by atoms with Crippen molar-refractivity contribution in [3.8, 4) is 11.1 Å². The molecule has 0 fully saturated rings. The first-order chi connectivity index (χ1) is 13.7. The third-order valence-corrected chi connectivity index (χ3v) is 5.20. The van der Waals surface area contributed by atoms with Gasteiger partial charge >= 0.3 is 5.97 Å². The molecule has 0 atom stereocenters. The number of ether oxygens (including phenoxy) is 1. The monoisotopic (exact) mass is 380 g/mol. The summed E-state index contributed by atoms with van der Waals surface area (Å²) in [5.41, 5.74) is 4.15. The summed E-state index contributed by atoms with van der Waals surface area (Å²) in [5, 5.41) is 0. The molecule has 0 aliphatic carbocycles. The van der Waals surface area contributed by atoms with Crippen LogP contribution in [0.1, 0.15) is 87.1 Å². The van der Waals surface area contributed by atoms with Gasteiger partial charge in [0.1, 0.15) is 0 Å². The molecule has 0 heterocycles. The minimum Gasteiger partial charge on any atom is -0.462 e. The predicted molar refractivity (Wildman–Crippen MR) is 119 cm³/mol. The van der Waals surface area contributed by atoms with E-state index < -0.39 is 0 Å². The lowest BCUT2D eigenvalue weighted by molar-refractivity contribution is 0.0497. The third kappa shape index (κ3) is 8.29. The van der Waals surface area contributed by atoms with Crippen LogP contribution in [0.25, 0.3) is 11.1 Å². The summed E-state index contributed by atoms with van der Waals surface area (Å²) in [6, 6.07) is 16.1. The molecule has 2 nitrogen and oxygen atoms in total. The lowest BCUT2D eigenvalue weighted by atomic mass is 10.0. The summed E-state index contributed by atoms with van der Waals surface area (Å²) in [5.74, 6) is -0.216. The lowest BCUT2D eigenvalue weighted by Gasteiger charge is -2.07. The summed E-state index contributed by atoms with van der Waals surface area (Å²) in [4.78, 5) is 12.2. The Labute approximate surface area is 171 Å². The van der Waals surface area contributed by atoms with Gasteiger partial charge in [-0.1, -0.05) is 107 Å². The molecule has 2 aromatic carbocycles. The number of rotatable bonds is 13. The van der Waals surface area contributed by atoms with Crippen LogP contribution in [0.3, 0.4) is 0 Å². The minimum absolute atomic E-state index is 0.216. The number of benzene rings is 2. The average Bonchev–Trinajstić information content (AvgIpc) is 2.72. The highest BCUT2D eigenvalue weighted by molar-refractivity contribution is 5.90. The van der Waals surface area contributed by atoms with Gasteiger partial charge in [-0.3, -0.25) is 0 Å². The van der Waals surface area contributed by atoms with Crippen LogP contribution in [-0.4, -0.2) is 12.6 Å². The largest absolute Gasteiger partial charge is 0.462 e. The van der Waals surface area contributed by atoms with Crippen molar-refractivity contribution >= 4 is 5.97 Å². The Morgan fingerprint density at radius 2 is 1.36 bits per heavy atom. The lowest BCUT2D eigenvalue weighted by Crippen LogP contribution is -2.06. The van der Waals surface area contributed by atoms with Gasteiger partial charge in [-0.15, -0.1) is 0 Å². The summed E-state index contributed by atoms with van der Waals surface area (Å²) in [6.45, 7) is 4.87. The summed E-state index contributed by atoms with van der Waals surface area (Å²) >= 11 is 0. The van der Waals surface area contributed by atoms with Crippen molar-refractivity contribution in [3.63, 3.8) is 0 Å². The second-order valence-corrected chi connectivity index (χ2v) is 7.76. The molecule has 0 amide bonds. The number of hydrogen-bond donors (Lipinski definition) is 0. The Bertz CT molecular complexity index is 688. The van der Waals surface area contributed by atoms with E-state index in [4.69, 9.17) is 4.74 Å². The molecule has 0 aliphatic rings. The molecule has 0 bridgehead atoms. The van der Waals surface area contributed by atoms with Crippen molar-refractivity contribution in [2.24, 2.45) is 0 Å². The number of esters is 1. The SMILES string of the molecule is CCCCCCCCCCCCOC(=O)c1ccc(-c2cccc(C)c2)cc1. The average molecular weight is 381 g/mol. The van der Waals surface area contributed by atoms with Crippen molar-refractivity contribution in [1.82, 2.24) is 0 Å². The van der Waals surface area contributed by atoms with Crippen LogP contribution < -0.4 is 0 Å². The van der Waals surface area contributed by atoms with E-state index in [1.807, 2.05) is 24.3 Å². The maximum absolute atomic E-state index is 12.2. The number of carbonyl (C=O) groups excluding carboxylic acids is 1. The third-order valence-electron chi connectivity index (χ3n) is 5.20. The van der Waals surface area contributed by atoms with Gasteiger partial charge in [0, 0.05) is 0 Å². The van der Waals surface area contributed by atoms with Gasteiger partial charge in [-0.05, 0) is 36.6 Å². The van der Waals surface area contributed by atoms with Crippen LogP contribution in [0, 0.1) is 6.92 Å². The van der Waals surface area contributed by atoms with Crippen LogP contribution in [0.5, 0.6) is 0 Å². The Hall–Kier alpha value is -2.09. The molecular formula is C26H36O2. The fraction of sp³-hybridized carbons (Fsp3) is 0.500. The summed E-state index contributed by atoms with van der Waals surface area (Å²) in [7, 11) is 0. The van der Waals surface area contributed by atoms with Crippen LogP contribution in [-0.2, 0) is 4.74 Å². The Morgan fingerprint density at radius 1 is 0.750 bits per heavy atom. The molecule has 0 aromatic heterocycles. The molecule has 0 radical (unpaired) electrons. The molecule has 0 N–H and O–H groups in total. The molecular weight excluding hydrogens is 344 g/mol. The molecule has 2 heteroatoms. The Balaban J connectivity index is 1.59. The van der Waals surface area contributed by atoms with E-state index in [2.05, 4.69) is 38.1 Å². The first kappa shape index (κ1) is 22.2. The second kappa shape index (κ2) is 13.1. The highest BCUT2D eigenvalue weighted by atomic mass is 16.5. The van der Waals surface area contributed by atoms with E-state index in [1.165, 1.54) is 62.5 Å². The first-order valence-electron chi connectivity index (χ1n) is 11.0. The zero-order chi connectivity index (χ0) is 20.0. The Kier molecular flexibility index (Phi) is 10.4. The van der Waals surface area contributed by atoms with Crippen LogP contribution in [0.15, 0.2) is 48.5 Å². The van der Waals surface area contributed by atoms with Gasteiger partial charge in [-0.2, -0.15) is 0 Å². The maximum Gasteiger partial charge on any atom is 0.338 e. The van der Waals surface area contributed by atoms with E-state index in [0.29, 0.717) is 12.2 Å². The van der Waals surface area contributed by atoms with Crippen LogP contribution in [0.2, 0.25) is 0 Å². The first-order valence-corrected chi connectivity index (χ1v) is 11.0. The fourth-order valence-electron chi connectivity index (χ4n) is 3.46. The molecule has 0 unspecified atom stereocenters. The molecule has 2 rings (SSSR count). The van der Waals surface area contributed by atoms with Crippen molar-refractivity contribution < 1.29 is 9.53 Å². The molecule has 0 aliphatic heterocycles. The number of aryl methyl sites for hydroxylation is 1. The van der Waals surface area contributed by atoms with E-state index in [1.54, 1.807) is 0 Å². The van der Waals surface area contributed by atoms with Crippen LogP contribution in [0.4, 0.5) is 0 Å². The van der Waals surface area contributed by atoms with Crippen LogP contribution >= 0.6 is 0 Å². The van der Waals surface area contributed by atoms with Gasteiger partial charge in [0.15, 0.2) is 0 Å². The maximum atomic E-state index is 12.2. The minimum atomic E-state index is -0.216. The molecule has 0 spiro atoms. The van der Waals surface area contributed by atoms with Crippen molar-refractivity contribution in [2.45, 2.75) is 78.1 Å². The fourth-order valence-corrected chi connectivity index (χ4v) is 3.46. The number of hydrogen-bond acceptors (Lipinski definition) is 2. The molecule has 28 heavy (non-hydrogen) atoms. The normalized spacial score (nSPS) is 10.8. The zero-order valence-corrected chi connectivity index (χ0v) is 17.7. The highest BCUT2D eigenvalue weighted by Crippen LogP contribution is 2.21. The number of unbranched alkanes of at least 4 members (excludes halogenated alkanes) is 9. The van der Waals surface area contributed by atoms with Crippen molar-refractivity contribution in [2.75, 3.05) is 6.61 Å². The van der Waals surface area contributed by atoms with Crippen molar-refractivity contribution in [3.05, 3.63) is 59.7 Å². The highest BCUT2D eigenvalue weighted by Gasteiger charge is 2.07.